The van der Waals surface area contributed by atoms with Gasteiger partial charge in [0.05, 0.1) is 23.3 Å². The number of fused-ring (bicyclic) bond motifs is 6. The molecule has 2 heterocycles. The number of benzene rings is 6. The number of hydrogen-bond donors (Lipinski definition) is 0. The fourth-order valence-corrected chi connectivity index (χ4v) is 8.33. The molecule has 0 radical (unpaired) electrons. The summed E-state index contributed by atoms with van der Waals surface area (Å²) in [6.07, 6.45) is 0. The van der Waals surface area contributed by atoms with Crippen molar-refractivity contribution in [3.63, 3.8) is 0 Å². The second kappa shape index (κ2) is 9.68. The first kappa shape index (κ1) is 24.5. The van der Waals surface area contributed by atoms with Crippen molar-refractivity contribution >= 4 is 63.0 Å². The van der Waals surface area contributed by atoms with Gasteiger partial charge in [-0.1, -0.05) is 72.8 Å². The molecule has 0 aliphatic carbocycles. The van der Waals surface area contributed by atoms with Gasteiger partial charge in [-0.3, -0.25) is 0 Å². The third-order valence-corrected chi connectivity index (χ3v) is 10.3. The maximum atomic E-state index is 10.0. The highest BCUT2D eigenvalue weighted by Crippen LogP contribution is 2.43. The van der Waals surface area contributed by atoms with Gasteiger partial charge in [-0.15, -0.1) is 22.7 Å². The average Bonchev–Trinajstić information content (AvgIpc) is 3.62. The van der Waals surface area contributed by atoms with E-state index in [0.29, 0.717) is 11.1 Å². The van der Waals surface area contributed by atoms with Crippen LogP contribution in [0.5, 0.6) is 0 Å². The molecule has 2 nitrogen and oxygen atoms in total. The summed E-state index contributed by atoms with van der Waals surface area (Å²) in [6, 6.07) is 46.8. The number of rotatable bonds is 3. The molecule has 0 amide bonds. The Morgan fingerprint density at radius 2 is 1.10 bits per heavy atom. The summed E-state index contributed by atoms with van der Waals surface area (Å²) in [5, 5.41) is 24.5. The fourth-order valence-electron chi connectivity index (χ4n) is 5.94. The standard InChI is InChI=1S/C38H20N2S2/c39-21-23-12-14-29(28(16-23)22-40)26-17-25(24-13-15-33-31-6-1-3-10-35(31)41-37(33)20-24)18-27(19-26)30-8-5-9-34-32-7-2-4-11-36(32)42-38(30)34/h1-20H. The zero-order valence-corrected chi connectivity index (χ0v) is 23.9. The van der Waals surface area contributed by atoms with E-state index in [-0.39, 0.29) is 0 Å². The predicted molar refractivity (Wildman–Crippen MR) is 178 cm³/mol. The van der Waals surface area contributed by atoms with Crippen LogP contribution in [0.15, 0.2) is 121 Å². The van der Waals surface area contributed by atoms with Crippen molar-refractivity contribution in [3.8, 4) is 45.5 Å². The van der Waals surface area contributed by atoms with Crippen LogP contribution in [0.4, 0.5) is 0 Å². The van der Waals surface area contributed by atoms with Crippen molar-refractivity contribution in [1.29, 1.82) is 10.5 Å². The lowest BCUT2D eigenvalue weighted by atomic mass is 9.90. The lowest BCUT2D eigenvalue weighted by Crippen LogP contribution is -1.90. The fraction of sp³-hybridized carbons (Fsp3) is 0. The molecule has 0 fully saturated rings. The second-order valence-corrected chi connectivity index (χ2v) is 12.5. The van der Waals surface area contributed by atoms with Gasteiger partial charge in [0.25, 0.3) is 0 Å². The molecule has 0 spiro atoms. The topological polar surface area (TPSA) is 47.6 Å². The lowest BCUT2D eigenvalue weighted by molar-refractivity contribution is 1.44. The van der Waals surface area contributed by atoms with Crippen LogP contribution in [-0.2, 0) is 0 Å². The molecule has 0 unspecified atom stereocenters. The van der Waals surface area contributed by atoms with E-state index in [1.165, 1.54) is 45.9 Å². The predicted octanol–water partition coefficient (Wildman–Crippen LogP) is 11.2. The van der Waals surface area contributed by atoms with Gasteiger partial charge in [-0.05, 0) is 81.9 Å². The molecule has 4 heteroatoms. The van der Waals surface area contributed by atoms with Crippen LogP contribution < -0.4 is 0 Å². The van der Waals surface area contributed by atoms with E-state index in [1.54, 1.807) is 12.1 Å². The van der Waals surface area contributed by atoms with Crippen molar-refractivity contribution in [3.05, 3.63) is 132 Å². The normalized spacial score (nSPS) is 11.3. The molecule has 0 saturated carbocycles. The summed E-state index contributed by atoms with van der Waals surface area (Å²) < 4.78 is 5.06. The summed E-state index contributed by atoms with van der Waals surface area (Å²) in [4.78, 5) is 0. The molecular formula is C38H20N2S2. The molecule has 194 valence electrons. The van der Waals surface area contributed by atoms with Crippen LogP contribution in [0, 0.1) is 22.7 Å². The van der Waals surface area contributed by atoms with Gasteiger partial charge >= 0.3 is 0 Å². The highest BCUT2D eigenvalue weighted by atomic mass is 32.1. The molecule has 42 heavy (non-hydrogen) atoms. The van der Waals surface area contributed by atoms with Gasteiger partial charge in [-0.25, -0.2) is 0 Å². The Bertz CT molecular complexity index is 2450. The number of hydrogen-bond acceptors (Lipinski definition) is 4. The highest BCUT2D eigenvalue weighted by Gasteiger charge is 2.15. The van der Waals surface area contributed by atoms with E-state index < -0.39 is 0 Å². The van der Waals surface area contributed by atoms with Crippen LogP contribution in [0.25, 0.3) is 73.7 Å². The lowest BCUT2D eigenvalue weighted by Gasteiger charge is -2.13. The number of thiophene rings is 2. The Labute approximate surface area is 250 Å². The molecule has 0 aliphatic rings. The van der Waals surface area contributed by atoms with Gasteiger partial charge in [0, 0.05) is 40.3 Å². The minimum Gasteiger partial charge on any atom is -0.192 e. The van der Waals surface area contributed by atoms with Crippen molar-refractivity contribution in [1.82, 2.24) is 0 Å². The summed E-state index contributed by atoms with van der Waals surface area (Å²) in [5.41, 5.74) is 7.26. The van der Waals surface area contributed by atoms with E-state index in [0.717, 1.165) is 27.8 Å². The highest BCUT2D eigenvalue weighted by molar-refractivity contribution is 7.26. The quantitative estimate of drug-likeness (QED) is 0.213. The minimum absolute atomic E-state index is 0.483. The molecule has 8 rings (SSSR count). The molecule has 0 bridgehead atoms. The van der Waals surface area contributed by atoms with E-state index >= 15 is 0 Å². The Morgan fingerprint density at radius 3 is 1.88 bits per heavy atom. The van der Waals surface area contributed by atoms with Gasteiger partial charge in [0.15, 0.2) is 0 Å². The van der Waals surface area contributed by atoms with E-state index in [2.05, 4.69) is 115 Å². The van der Waals surface area contributed by atoms with Crippen LogP contribution in [0.3, 0.4) is 0 Å². The zero-order valence-electron chi connectivity index (χ0n) is 22.3. The Hall–Kier alpha value is -5.26. The molecular weight excluding hydrogens is 549 g/mol. The van der Waals surface area contributed by atoms with Gasteiger partial charge < -0.3 is 0 Å². The summed E-state index contributed by atoms with van der Waals surface area (Å²) >= 11 is 3.63. The van der Waals surface area contributed by atoms with Crippen molar-refractivity contribution in [2.75, 3.05) is 0 Å². The summed E-state index contributed by atoms with van der Waals surface area (Å²) in [5.74, 6) is 0. The number of nitrogens with zero attached hydrogens (tertiary/aromatic N) is 2. The molecule has 8 aromatic rings. The van der Waals surface area contributed by atoms with E-state index in [1.807, 2.05) is 28.7 Å². The molecule has 0 atom stereocenters. The van der Waals surface area contributed by atoms with Crippen LogP contribution >= 0.6 is 22.7 Å². The smallest absolute Gasteiger partial charge is 0.0998 e. The average molecular weight is 569 g/mol. The maximum Gasteiger partial charge on any atom is 0.0998 e. The molecule has 6 aromatic carbocycles. The molecule has 0 aliphatic heterocycles. The first-order valence-corrected chi connectivity index (χ1v) is 15.3. The third-order valence-electron chi connectivity index (χ3n) is 7.94. The zero-order chi connectivity index (χ0) is 28.2. The van der Waals surface area contributed by atoms with Crippen molar-refractivity contribution in [2.24, 2.45) is 0 Å². The monoisotopic (exact) mass is 568 g/mol. The van der Waals surface area contributed by atoms with Gasteiger partial charge in [-0.2, -0.15) is 10.5 Å². The van der Waals surface area contributed by atoms with Crippen LogP contribution in [0.2, 0.25) is 0 Å². The first-order valence-electron chi connectivity index (χ1n) is 13.6. The van der Waals surface area contributed by atoms with Gasteiger partial charge in [0.1, 0.15) is 0 Å². The molecule has 2 aromatic heterocycles. The molecule has 0 saturated heterocycles. The Morgan fingerprint density at radius 1 is 0.429 bits per heavy atom. The number of nitriles is 2. The Kier molecular flexibility index (Phi) is 5.66. The summed E-state index contributed by atoms with van der Waals surface area (Å²) in [7, 11) is 0. The van der Waals surface area contributed by atoms with Crippen molar-refractivity contribution < 1.29 is 0 Å². The van der Waals surface area contributed by atoms with E-state index in [4.69, 9.17) is 0 Å². The SMILES string of the molecule is N#Cc1ccc(-c2cc(-c3ccc4c(c3)sc3ccccc34)cc(-c3cccc4c3sc3ccccc34)c2)c(C#N)c1. The van der Waals surface area contributed by atoms with Crippen LogP contribution in [0.1, 0.15) is 11.1 Å². The second-order valence-electron chi connectivity index (χ2n) is 10.4. The van der Waals surface area contributed by atoms with Crippen molar-refractivity contribution in [2.45, 2.75) is 0 Å². The minimum atomic E-state index is 0.483. The Balaban J connectivity index is 1.39. The first-order chi connectivity index (χ1) is 20.7. The van der Waals surface area contributed by atoms with Crippen LogP contribution in [-0.4, -0.2) is 0 Å². The largest absolute Gasteiger partial charge is 0.192 e. The van der Waals surface area contributed by atoms with Gasteiger partial charge in [0.2, 0.25) is 0 Å². The van der Waals surface area contributed by atoms with E-state index in [9.17, 15) is 10.5 Å². The third kappa shape index (κ3) is 3.90. The molecule has 0 N–H and O–H groups in total. The summed E-state index contributed by atoms with van der Waals surface area (Å²) in [6.45, 7) is 0. The maximum absolute atomic E-state index is 10.0.